The van der Waals surface area contributed by atoms with Crippen molar-refractivity contribution < 1.29 is 0 Å². The third kappa shape index (κ3) is 4.83. The van der Waals surface area contributed by atoms with E-state index in [1.54, 1.807) is 6.07 Å². The van der Waals surface area contributed by atoms with Crippen LogP contribution in [0.25, 0.3) is 0 Å². The summed E-state index contributed by atoms with van der Waals surface area (Å²) in [6.07, 6.45) is 0.981. The van der Waals surface area contributed by atoms with Gasteiger partial charge in [0.25, 0.3) is 0 Å². The molecule has 2 N–H and O–H groups in total. The molecule has 0 amide bonds. The second kappa shape index (κ2) is 8.76. The van der Waals surface area contributed by atoms with Crippen LogP contribution >= 0.6 is 23.8 Å². The Balaban J connectivity index is 1.45. The van der Waals surface area contributed by atoms with Gasteiger partial charge in [0.15, 0.2) is 5.11 Å². The number of rotatable bonds is 4. The summed E-state index contributed by atoms with van der Waals surface area (Å²) in [6.45, 7) is 3.74. The molecule has 1 aliphatic heterocycles. The van der Waals surface area contributed by atoms with Crippen LogP contribution in [0.5, 0.6) is 0 Å². The maximum Gasteiger partial charge on any atom is 0.232 e. The van der Waals surface area contributed by atoms with E-state index in [4.69, 9.17) is 23.8 Å². The molecule has 0 bridgehead atoms. The number of aromatic nitrogens is 2. The van der Waals surface area contributed by atoms with Crippen LogP contribution in [0.3, 0.4) is 0 Å². The molecule has 2 heterocycles. The number of hydrogen-bond acceptors (Lipinski definition) is 4. The molecule has 0 radical (unpaired) electrons. The van der Waals surface area contributed by atoms with E-state index in [2.05, 4.69) is 68.8 Å². The molecule has 1 unspecified atom stereocenters. The fraction of sp³-hybridized carbons (Fsp3) is 0.227. The topological polar surface area (TPSA) is 53.1 Å². The maximum atomic E-state index is 6.27. The highest BCUT2D eigenvalue weighted by Crippen LogP contribution is 2.25. The lowest BCUT2D eigenvalue weighted by atomic mass is 10.00. The summed E-state index contributed by atoms with van der Waals surface area (Å²) in [5.41, 5.74) is 3.86. The number of anilines is 2. The monoisotopic (exact) mass is 423 g/mol. The zero-order chi connectivity index (χ0) is 20.2. The van der Waals surface area contributed by atoms with Crippen molar-refractivity contribution in [3.8, 4) is 0 Å². The van der Waals surface area contributed by atoms with Gasteiger partial charge in [0, 0.05) is 19.2 Å². The quantitative estimate of drug-likeness (QED) is 0.467. The summed E-state index contributed by atoms with van der Waals surface area (Å²) in [6, 6.07) is 20.5. The standard InChI is InChI=1S/C22H22ClN5S/c1-15(16-7-3-2-4-8-16)24-22(29)27-21-25-19(23)13-20(26-21)28-12-11-17-9-5-6-10-18(17)14-28/h2-10,13,15H,11-12,14H2,1H3,(H2,24,25,26,27,29). The highest BCUT2D eigenvalue weighted by molar-refractivity contribution is 7.80. The molecule has 3 aromatic rings. The fourth-order valence-electron chi connectivity index (χ4n) is 3.47. The molecule has 0 spiro atoms. The molecule has 0 fully saturated rings. The minimum Gasteiger partial charge on any atom is -0.356 e. The van der Waals surface area contributed by atoms with Crippen LogP contribution in [-0.4, -0.2) is 21.6 Å². The van der Waals surface area contributed by atoms with Gasteiger partial charge in [-0.3, -0.25) is 0 Å². The molecule has 148 valence electrons. The lowest BCUT2D eigenvalue weighted by Crippen LogP contribution is -2.33. The number of fused-ring (bicyclic) bond motifs is 1. The van der Waals surface area contributed by atoms with Crippen molar-refractivity contribution >= 4 is 40.7 Å². The van der Waals surface area contributed by atoms with Gasteiger partial charge in [0.2, 0.25) is 5.95 Å². The number of benzene rings is 2. The second-order valence-electron chi connectivity index (χ2n) is 7.04. The fourth-order valence-corrected chi connectivity index (χ4v) is 3.92. The first kappa shape index (κ1) is 19.6. The van der Waals surface area contributed by atoms with Crippen LogP contribution in [0.15, 0.2) is 60.7 Å². The largest absolute Gasteiger partial charge is 0.356 e. The van der Waals surface area contributed by atoms with E-state index >= 15 is 0 Å². The minimum atomic E-state index is 0.0634. The molecule has 29 heavy (non-hydrogen) atoms. The van der Waals surface area contributed by atoms with Gasteiger partial charge >= 0.3 is 0 Å². The van der Waals surface area contributed by atoms with E-state index in [1.807, 2.05) is 18.2 Å². The third-order valence-corrected chi connectivity index (χ3v) is 5.42. The van der Waals surface area contributed by atoms with Crippen LogP contribution in [0.1, 0.15) is 29.7 Å². The third-order valence-electron chi connectivity index (χ3n) is 5.01. The number of halogens is 1. The van der Waals surface area contributed by atoms with E-state index < -0.39 is 0 Å². The van der Waals surface area contributed by atoms with Gasteiger partial charge in [-0.05, 0) is 42.3 Å². The van der Waals surface area contributed by atoms with Crippen molar-refractivity contribution in [3.63, 3.8) is 0 Å². The summed E-state index contributed by atoms with van der Waals surface area (Å²) in [4.78, 5) is 11.1. The highest BCUT2D eigenvalue weighted by Gasteiger charge is 2.18. The minimum absolute atomic E-state index is 0.0634. The Morgan fingerprint density at radius 3 is 2.59 bits per heavy atom. The van der Waals surface area contributed by atoms with Crippen LogP contribution in [0, 0.1) is 0 Å². The Labute approximate surface area is 181 Å². The normalized spacial score (nSPS) is 14.1. The van der Waals surface area contributed by atoms with Crippen molar-refractivity contribution in [1.82, 2.24) is 15.3 Å². The van der Waals surface area contributed by atoms with Gasteiger partial charge in [-0.1, -0.05) is 66.2 Å². The Kier molecular flexibility index (Phi) is 5.92. The van der Waals surface area contributed by atoms with Gasteiger partial charge in [-0.2, -0.15) is 4.98 Å². The predicted molar refractivity (Wildman–Crippen MR) is 122 cm³/mol. The first-order valence-electron chi connectivity index (χ1n) is 9.57. The van der Waals surface area contributed by atoms with Gasteiger partial charge in [-0.15, -0.1) is 0 Å². The average Bonchev–Trinajstić information content (AvgIpc) is 2.73. The summed E-state index contributed by atoms with van der Waals surface area (Å²) in [7, 11) is 0. The highest BCUT2D eigenvalue weighted by atomic mass is 35.5. The van der Waals surface area contributed by atoms with Gasteiger partial charge in [0.1, 0.15) is 11.0 Å². The van der Waals surface area contributed by atoms with Crippen molar-refractivity contribution in [3.05, 3.63) is 82.5 Å². The van der Waals surface area contributed by atoms with E-state index in [9.17, 15) is 0 Å². The lowest BCUT2D eigenvalue weighted by molar-refractivity contribution is 0.717. The van der Waals surface area contributed by atoms with E-state index in [0.29, 0.717) is 16.2 Å². The van der Waals surface area contributed by atoms with Crippen molar-refractivity contribution in [2.75, 3.05) is 16.8 Å². The van der Waals surface area contributed by atoms with Crippen molar-refractivity contribution in [2.45, 2.75) is 25.9 Å². The Morgan fingerprint density at radius 2 is 1.79 bits per heavy atom. The summed E-state index contributed by atoms with van der Waals surface area (Å²) >= 11 is 11.7. The summed E-state index contributed by atoms with van der Waals surface area (Å²) in [5.74, 6) is 1.19. The lowest BCUT2D eigenvalue weighted by Gasteiger charge is -2.30. The Hall–Kier alpha value is -2.70. The number of nitrogens with one attached hydrogen (secondary N) is 2. The molecule has 2 aromatic carbocycles. The molecule has 0 aliphatic carbocycles. The molecule has 0 saturated carbocycles. The molecular weight excluding hydrogens is 402 g/mol. The molecule has 7 heteroatoms. The summed E-state index contributed by atoms with van der Waals surface area (Å²) in [5, 5.41) is 7.17. The van der Waals surface area contributed by atoms with Gasteiger partial charge in [-0.25, -0.2) is 4.98 Å². The van der Waals surface area contributed by atoms with Crippen molar-refractivity contribution in [1.29, 1.82) is 0 Å². The second-order valence-corrected chi connectivity index (χ2v) is 7.84. The average molecular weight is 424 g/mol. The molecular formula is C22H22ClN5S. The first-order chi connectivity index (χ1) is 14.1. The van der Waals surface area contributed by atoms with Gasteiger partial charge < -0.3 is 15.5 Å². The summed E-state index contributed by atoms with van der Waals surface area (Å²) < 4.78 is 0. The van der Waals surface area contributed by atoms with Crippen molar-refractivity contribution in [2.24, 2.45) is 0 Å². The Morgan fingerprint density at radius 1 is 1.07 bits per heavy atom. The van der Waals surface area contributed by atoms with Crippen LogP contribution in [0.4, 0.5) is 11.8 Å². The molecule has 0 saturated heterocycles. The van der Waals surface area contributed by atoms with Crippen LogP contribution in [0.2, 0.25) is 5.15 Å². The number of thiocarbonyl (C=S) groups is 1. The zero-order valence-corrected chi connectivity index (χ0v) is 17.7. The predicted octanol–water partition coefficient (Wildman–Crippen LogP) is 4.74. The smallest absolute Gasteiger partial charge is 0.232 e. The number of hydrogen-bond donors (Lipinski definition) is 2. The Bertz CT molecular complexity index is 1010. The number of nitrogens with zero attached hydrogens (tertiary/aromatic N) is 3. The van der Waals surface area contributed by atoms with Crippen LogP contribution in [-0.2, 0) is 13.0 Å². The van der Waals surface area contributed by atoms with Gasteiger partial charge in [0.05, 0.1) is 6.04 Å². The molecule has 5 nitrogen and oxygen atoms in total. The maximum absolute atomic E-state index is 6.27. The zero-order valence-electron chi connectivity index (χ0n) is 16.1. The first-order valence-corrected chi connectivity index (χ1v) is 10.4. The van der Waals surface area contributed by atoms with E-state index in [1.165, 1.54) is 11.1 Å². The molecule has 1 aliphatic rings. The van der Waals surface area contributed by atoms with Crippen LogP contribution < -0.4 is 15.5 Å². The molecule has 1 atom stereocenters. The van der Waals surface area contributed by atoms with E-state index in [-0.39, 0.29) is 6.04 Å². The SMILES string of the molecule is CC(NC(=S)Nc1nc(Cl)cc(N2CCc3ccccc3C2)n1)c1ccccc1. The molecule has 1 aromatic heterocycles. The van der Waals surface area contributed by atoms with E-state index in [0.717, 1.165) is 30.9 Å². The molecule has 4 rings (SSSR count).